The molecule has 0 fully saturated rings. The fraction of sp³-hybridized carbons (Fsp3) is 0.786. The summed E-state index contributed by atoms with van der Waals surface area (Å²) >= 11 is 0. The molecule has 1 unspecified atom stereocenters. The fourth-order valence-corrected chi connectivity index (χ4v) is 2.26. The minimum atomic E-state index is 0.449. The second-order valence-electron chi connectivity index (χ2n) is 4.73. The van der Waals surface area contributed by atoms with E-state index in [1.165, 1.54) is 43.5 Å². The highest BCUT2D eigenvalue weighted by Gasteiger charge is 2.14. The van der Waals surface area contributed by atoms with E-state index in [1.807, 2.05) is 18.8 Å². The van der Waals surface area contributed by atoms with Gasteiger partial charge in [-0.05, 0) is 26.0 Å². The number of nitrogens with one attached hydrogen (secondary N) is 1. The molecular weight excluding hydrogens is 210 g/mol. The molecule has 1 N–H and O–H groups in total. The molecule has 0 aromatic carbocycles. The lowest BCUT2D eigenvalue weighted by molar-refractivity contribution is 0.475. The average molecular weight is 237 g/mol. The molecule has 0 saturated carbocycles. The maximum absolute atomic E-state index is 4.52. The van der Waals surface area contributed by atoms with Crippen LogP contribution in [-0.2, 0) is 13.5 Å². The summed E-state index contributed by atoms with van der Waals surface area (Å²) < 4.78 is 2.03. The van der Waals surface area contributed by atoms with Crippen molar-refractivity contribution < 1.29 is 0 Å². The van der Waals surface area contributed by atoms with Crippen LogP contribution in [-0.4, -0.2) is 16.8 Å². The van der Waals surface area contributed by atoms with Crippen molar-refractivity contribution in [1.29, 1.82) is 0 Å². The fourth-order valence-electron chi connectivity index (χ4n) is 2.26. The number of aryl methyl sites for hydroxylation is 2. The molecule has 0 spiro atoms. The van der Waals surface area contributed by atoms with Crippen LogP contribution in [0.4, 0.5) is 0 Å². The van der Waals surface area contributed by atoms with Gasteiger partial charge in [0, 0.05) is 13.1 Å². The van der Waals surface area contributed by atoms with Crippen molar-refractivity contribution in [3.8, 4) is 0 Å². The van der Waals surface area contributed by atoms with Gasteiger partial charge in [-0.2, -0.15) is 5.10 Å². The van der Waals surface area contributed by atoms with Crippen molar-refractivity contribution in [2.75, 3.05) is 7.05 Å². The first-order chi connectivity index (χ1) is 8.22. The van der Waals surface area contributed by atoms with Gasteiger partial charge in [0.1, 0.15) is 0 Å². The Morgan fingerprint density at radius 1 is 1.29 bits per heavy atom. The van der Waals surface area contributed by atoms with Gasteiger partial charge < -0.3 is 5.32 Å². The molecule has 0 saturated heterocycles. The second-order valence-corrected chi connectivity index (χ2v) is 4.73. The molecular formula is C14H27N3. The maximum Gasteiger partial charge on any atom is 0.0625 e. The summed E-state index contributed by atoms with van der Waals surface area (Å²) in [5, 5.41) is 7.93. The Labute approximate surface area is 106 Å². The van der Waals surface area contributed by atoms with Gasteiger partial charge in [0.05, 0.1) is 11.4 Å². The highest BCUT2D eigenvalue weighted by Crippen LogP contribution is 2.20. The van der Waals surface area contributed by atoms with E-state index in [4.69, 9.17) is 0 Å². The largest absolute Gasteiger partial charge is 0.312 e. The Morgan fingerprint density at radius 3 is 2.59 bits per heavy atom. The monoisotopic (exact) mass is 237 g/mol. The molecule has 1 atom stereocenters. The third-order valence-electron chi connectivity index (χ3n) is 3.38. The Morgan fingerprint density at radius 2 is 2.06 bits per heavy atom. The van der Waals surface area contributed by atoms with Gasteiger partial charge in [0.2, 0.25) is 0 Å². The van der Waals surface area contributed by atoms with E-state index in [2.05, 4.69) is 30.3 Å². The van der Waals surface area contributed by atoms with Crippen LogP contribution in [0, 0.1) is 0 Å². The van der Waals surface area contributed by atoms with Crippen LogP contribution in [0.25, 0.3) is 0 Å². The summed E-state index contributed by atoms with van der Waals surface area (Å²) in [6.07, 6.45) is 7.51. The Bertz CT molecular complexity index is 317. The van der Waals surface area contributed by atoms with Crippen molar-refractivity contribution in [2.45, 2.75) is 58.4 Å². The Hall–Kier alpha value is -0.830. The summed E-state index contributed by atoms with van der Waals surface area (Å²) in [7, 11) is 4.09. The van der Waals surface area contributed by atoms with E-state index in [9.17, 15) is 0 Å². The molecule has 1 aromatic rings. The minimum absolute atomic E-state index is 0.449. The standard InChI is InChI=1S/C14H27N3/c1-5-7-8-9-10-13(15-3)14-11-12(6-2)16-17(14)4/h11,13,15H,5-10H2,1-4H3. The van der Waals surface area contributed by atoms with E-state index in [-0.39, 0.29) is 0 Å². The minimum Gasteiger partial charge on any atom is -0.312 e. The molecule has 0 amide bonds. The predicted octanol–water partition coefficient (Wildman–Crippen LogP) is 3.21. The van der Waals surface area contributed by atoms with E-state index in [0.717, 1.165) is 6.42 Å². The zero-order chi connectivity index (χ0) is 12.7. The number of aromatic nitrogens is 2. The molecule has 98 valence electrons. The van der Waals surface area contributed by atoms with E-state index in [1.54, 1.807) is 0 Å². The zero-order valence-electron chi connectivity index (χ0n) is 11.8. The van der Waals surface area contributed by atoms with Crippen LogP contribution in [0.2, 0.25) is 0 Å². The van der Waals surface area contributed by atoms with Gasteiger partial charge in [-0.1, -0.05) is 39.5 Å². The molecule has 1 aromatic heterocycles. The normalized spacial score (nSPS) is 12.9. The summed E-state index contributed by atoms with van der Waals surface area (Å²) in [5.74, 6) is 0. The quantitative estimate of drug-likeness (QED) is 0.704. The molecule has 1 heterocycles. The third kappa shape index (κ3) is 4.15. The molecule has 0 radical (unpaired) electrons. The summed E-state index contributed by atoms with van der Waals surface area (Å²) in [4.78, 5) is 0. The lowest BCUT2D eigenvalue weighted by atomic mass is 10.0. The molecule has 17 heavy (non-hydrogen) atoms. The number of hydrogen-bond acceptors (Lipinski definition) is 2. The van der Waals surface area contributed by atoms with Crippen LogP contribution in [0.15, 0.2) is 6.07 Å². The average Bonchev–Trinajstić information content (AvgIpc) is 2.71. The van der Waals surface area contributed by atoms with Crippen LogP contribution < -0.4 is 5.32 Å². The number of unbranched alkanes of at least 4 members (excludes halogenated alkanes) is 3. The van der Waals surface area contributed by atoms with Crippen molar-refractivity contribution in [1.82, 2.24) is 15.1 Å². The molecule has 1 rings (SSSR count). The highest BCUT2D eigenvalue weighted by molar-refractivity contribution is 5.14. The molecule has 0 bridgehead atoms. The van der Waals surface area contributed by atoms with Crippen molar-refractivity contribution in [3.63, 3.8) is 0 Å². The zero-order valence-corrected chi connectivity index (χ0v) is 11.8. The molecule has 0 aliphatic carbocycles. The van der Waals surface area contributed by atoms with Crippen LogP contribution >= 0.6 is 0 Å². The van der Waals surface area contributed by atoms with Crippen LogP contribution in [0.3, 0.4) is 0 Å². The van der Waals surface area contributed by atoms with Crippen molar-refractivity contribution >= 4 is 0 Å². The third-order valence-corrected chi connectivity index (χ3v) is 3.38. The molecule has 0 aliphatic rings. The van der Waals surface area contributed by atoms with Crippen molar-refractivity contribution in [3.05, 3.63) is 17.5 Å². The highest BCUT2D eigenvalue weighted by atomic mass is 15.3. The summed E-state index contributed by atoms with van der Waals surface area (Å²) in [5.41, 5.74) is 2.51. The smallest absolute Gasteiger partial charge is 0.0625 e. The van der Waals surface area contributed by atoms with Gasteiger partial charge in [0.15, 0.2) is 0 Å². The number of nitrogens with zero attached hydrogens (tertiary/aromatic N) is 2. The lowest BCUT2D eigenvalue weighted by Crippen LogP contribution is -2.19. The SMILES string of the molecule is CCCCCCC(NC)c1cc(CC)nn1C. The Balaban J connectivity index is 2.56. The molecule has 3 nitrogen and oxygen atoms in total. The van der Waals surface area contributed by atoms with E-state index in [0.29, 0.717) is 6.04 Å². The summed E-state index contributed by atoms with van der Waals surface area (Å²) in [6.45, 7) is 4.41. The Kier molecular flexibility index (Phi) is 6.27. The molecule has 0 aliphatic heterocycles. The maximum atomic E-state index is 4.52. The van der Waals surface area contributed by atoms with Crippen molar-refractivity contribution in [2.24, 2.45) is 7.05 Å². The van der Waals surface area contributed by atoms with Gasteiger partial charge in [-0.25, -0.2) is 0 Å². The van der Waals surface area contributed by atoms with Crippen LogP contribution in [0.5, 0.6) is 0 Å². The summed E-state index contributed by atoms with van der Waals surface area (Å²) in [6, 6.07) is 2.69. The van der Waals surface area contributed by atoms with Gasteiger partial charge in [-0.3, -0.25) is 4.68 Å². The second kappa shape index (κ2) is 7.49. The van der Waals surface area contributed by atoms with Crippen LogP contribution in [0.1, 0.15) is 63.4 Å². The van der Waals surface area contributed by atoms with E-state index < -0.39 is 0 Å². The van der Waals surface area contributed by atoms with Gasteiger partial charge in [-0.15, -0.1) is 0 Å². The molecule has 3 heteroatoms. The first-order valence-electron chi connectivity index (χ1n) is 6.93. The van der Waals surface area contributed by atoms with Gasteiger partial charge >= 0.3 is 0 Å². The first kappa shape index (κ1) is 14.2. The van der Waals surface area contributed by atoms with Gasteiger partial charge in [0.25, 0.3) is 0 Å². The van der Waals surface area contributed by atoms with E-state index >= 15 is 0 Å². The number of hydrogen-bond donors (Lipinski definition) is 1. The number of rotatable bonds is 8. The topological polar surface area (TPSA) is 29.9 Å². The first-order valence-corrected chi connectivity index (χ1v) is 6.93. The lowest BCUT2D eigenvalue weighted by Gasteiger charge is -2.16. The predicted molar refractivity (Wildman–Crippen MR) is 73.1 cm³/mol.